The van der Waals surface area contributed by atoms with Gasteiger partial charge in [0.05, 0.1) is 5.56 Å². The van der Waals surface area contributed by atoms with Crippen molar-refractivity contribution in [3.63, 3.8) is 0 Å². The minimum absolute atomic E-state index is 0.258. The summed E-state index contributed by atoms with van der Waals surface area (Å²) in [4.78, 5) is 11.6. The molecule has 0 atom stereocenters. The van der Waals surface area contributed by atoms with Crippen LogP contribution in [-0.2, 0) is 0 Å². The summed E-state index contributed by atoms with van der Waals surface area (Å²) in [6.07, 6.45) is 3.48. The Labute approximate surface area is 103 Å². The van der Waals surface area contributed by atoms with Crippen LogP contribution in [0.2, 0.25) is 0 Å². The third kappa shape index (κ3) is 4.07. The van der Waals surface area contributed by atoms with Gasteiger partial charge in [-0.3, -0.25) is 10.2 Å². The minimum Gasteiger partial charge on any atom is -0.384 e. The van der Waals surface area contributed by atoms with Gasteiger partial charge in [0.25, 0.3) is 5.91 Å². The number of hydrogen-bond acceptors (Lipinski definition) is 3. The van der Waals surface area contributed by atoms with Crippen LogP contribution in [0.4, 0.5) is 5.69 Å². The number of hydrazine groups is 1. The average Bonchev–Trinajstić information content (AvgIpc) is 2.35. The molecule has 1 amide bonds. The van der Waals surface area contributed by atoms with Crippen LogP contribution < -0.4 is 16.6 Å². The lowest BCUT2D eigenvalue weighted by molar-refractivity contribution is 0.0954. The summed E-state index contributed by atoms with van der Waals surface area (Å²) in [5.41, 5.74) is 4.66. The summed E-state index contributed by atoms with van der Waals surface area (Å²) in [6.45, 7) is 5.00. The highest BCUT2D eigenvalue weighted by Gasteiger charge is 2.09. The van der Waals surface area contributed by atoms with Gasteiger partial charge in [0.15, 0.2) is 0 Å². The Bertz CT molecular complexity index is 377. The molecule has 0 spiro atoms. The predicted molar refractivity (Wildman–Crippen MR) is 70.8 cm³/mol. The standard InChI is InChI=1S/C13H21N3O/c1-3-4-5-8-15-12-7-6-10(2)9-11(12)13(17)16-14/h6-7,9,15H,3-5,8,14H2,1-2H3,(H,16,17). The Morgan fingerprint density at radius 3 is 2.76 bits per heavy atom. The number of carbonyl (C=O) groups excluding carboxylic acids is 1. The molecule has 17 heavy (non-hydrogen) atoms. The number of hydrogen-bond donors (Lipinski definition) is 3. The molecule has 0 unspecified atom stereocenters. The van der Waals surface area contributed by atoms with Crippen molar-refractivity contribution in [2.45, 2.75) is 33.1 Å². The first kappa shape index (κ1) is 13.5. The van der Waals surface area contributed by atoms with E-state index in [0.717, 1.165) is 24.2 Å². The SMILES string of the molecule is CCCCCNc1ccc(C)cc1C(=O)NN. The highest BCUT2D eigenvalue weighted by molar-refractivity contribution is 5.99. The number of nitrogens with one attached hydrogen (secondary N) is 2. The highest BCUT2D eigenvalue weighted by Crippen LogP contribution is 2.17. The third-order valence-corrected chi connectivity index (χ3v) is 2.65. The number of nitrogen functional groups attached to an aromatic ring is 1. The molecule has 0 heterocycles. The summed E-state index contributed by atoms with van der Waals surface area (Å²) in [6, 6.07) is 5.74. The topological polar surface area (TPSA) is 67.2 Å². The Kier molecular flexibility index (Phi) is 5.49. The molecule has 4 N–H and O–H groups in total. The van der Waals surface area contributed by atoms with Crippen molar-refractivity contribution in [1.82, 2.24) is 5.43 Å². The van der Waals surface area contributed by atoms with E-state index < -0.39 is 0 Å². The lowest BCUT2D eigenvalue weighted by atomic mass is 10.1. The first-order valence-electron chi connectivity index (χ1n) is 6.04. The molecule has 1 aromatic carbocycles. The maximum Gasteiger partial charge on any atom is 0.267 e. The van der Waals surface area contributed by atoms with E-state index in [1.165, 1.54) is 12.8 Å². The lowest BCUT2D eigenvalue weighted by Crippen LogP contribution is -2.30. The molecule has 0 saturated carbocycles. The van der Waals surface area contributed by atoms with Crippen LogP contribution >= 0.6 is 0 Å². The van der Waals surface area contributed by atoms with Gasteiger partial charge in [0.1, 0.15) is 0 Å². The van der Waals surface area contributed by atoms with Crippen LogP contribution in [0.25, 0.3) is 0 Å². The van der Waals surface area contributed by atoms with Gasteiger partial charge in [-0.25, -0.2) is 5.84 Å². The molecule has 1 aromatic rings. The average molecular weight is 235 g/mol. The number of rotatable bonds is 6. The molecule has 0 aliphatic rings. The maximum absolute atomic E-state index is 11.6. The van der Waals surface area contributed by atoms with E-state index in [2.05, 4.69) is 17.7 Å². The largest absolute Gasteiger partial charge is 0.384 e. The van der Waals surface area contributed by atoms with Crippen molar-refractivity contribution in [1.29, 1.82) is 0 Å². The van der Waals surface area contributed by atoms with Crippen molar-refractivity contribution in [2.75, 3.05) is 11.9 Å². The lowest BCUT2D eigenvalue weighted by Gasteiger charge is -2.11. The second-order valence-corrected chi connectivity index (χ2v) is 4.16. The molecule has 1 rings (SSSR count). The molecule has 0 radical (unpaired) electrons. The zero-order valence-corrected chi connectivity index (χ0v) is 10.5. The normalized spacial score (nSPS) is 10.1. The molecule has 0 aromatic heterocycles. The second-order valence-electron chi connectivity index (χ2n) is 4.16. The first-order valence-corrected chi connectivity index (χ1v) is 6.04. The Morgan fingerprint density at radius 1 is 1.35 bits per heavy atom. The van der Waals surface area contributed by atoms with Crippen molar-refractivity contribution in [3.05, 3.63) is 29.3 Å². The van der Waals surface area contributed by atoms with Crippen LogP contribution in [0, 0.1) is 6.92 Å². The van der Waals surface area contributed by atoms with E-state index in [-0.39, 0.29) is 5.91 Å². The number of anilines is 1. The fourth-order valence-electron chi connectivity index (χ4n) is 1.68. The molecule has 0 fully saturated rings. The summed E-state index contributed by atoms with van der Waals surface area (Å²) in [5.74, 6) is 4.91. The third-order valence-electron chi connectivity index (χ3n) is 2.65. The molecule has 0 aliphatic carbocycles. The summed E-state index contributed by atoms with van der Waals surface area (Å²) < 4.78 is 0. The number of aryl methyl sites for hydroxylation is 1. The quantitative estimate of drug-likeness (QED) is 0.306. The highest BCUT2D eigenvalue weighted by atomic mass is 16.2. The summed E-state index contributed by atoms with van der Waals surface area (Å²) in [7, 11) is 0. The molecule has 94 valence electrons. The number of benzene rings is 1. The van der Waals surface area contributed by atoms with Crippen LogP contribution in [-0.4, -0.2) is 12.5 Å². The van der Waals surface area contributed by atoms with Gasteiger partial charge in [-0.1, -0.05) is 31.4 Å². The van der Waals surface area contributed by atoms with Crippen LogP contribution in [0.15, 0.2) is 18.2 Å². The smallest absolute Gasteiger partial charge is 0.267 e. The van der Waals surface area contributed by atoms with Crippen molar-refractivity contribution >= 4 is 11.6 Å². The Hall–Kier alpha value is -1.55. The summed E-state index contributed by atoms with van der Waals surface area (Å²) >= 11 is 0. The fourth-order valence-corrected chi connectivity index (χ4v) is 1.68. The number of unbranched alkanes of at least 4 members (excludes halogenated alkanes) is 2. The number of amides is 1. The fraction of sp³-hybridized carbons (Fsp3) is 0.462. The van der Waals surface area contributed by atoms with Crippen LogP contribution in [0.3, 0.4) is 0 Å². The Morgan fingerprint density at radius 2 is 2.12 bits per heavy atom. The summed E-state index contributed by atoms with van der Waals surface area (Å²) in [5, 5.41) is 3.27. The molecule has 0 aliphatic heterocycles. The van der Waals surface area contributed by atoms with E-state index in [9.17, 15) is 4.79 Å². The molecular weight excluding hydrogens is 214 g/mol. The molecule has 4 nitrogen and oxygen atoms in total. The van der Waals surface area contributed by atoms with Crippen LogP contribution in [0.5, 0.6) is 0 Å². The van der Waals surface area contributed by atoms with E-state index in [4.69, 9.17) is 5.84 Å². The van der Waals surface area contributed by atoms with E-state index >= 15 is 0 Å². The van der Waals surface area contributed by atoms with E-state index in [1.807, 2.05) is 25.1 Å². The zero-order valence-electron chi connectivity index (χ0n) is 10.5. The zero-order chi connectivity index (χ0) is 12.7. The van der Waals surface area contributed by atoms with E-state index in [1.54, 1.807) is 0 Å². The van der Waals surface area contributed by atoms with E-state index in [0.29, 0.717) is 5.56 Å². The first-order chi connectivity index (χ1) is 8.19. The monoisotopic (exact) mass is 235 g/mol. The molecule has 4 heteroatoms. The van der Waals surface area contributed by atoms with Gasteiger partial charge < -0.3 is 5.32 Å². The van der Waals surface area contributed by atoms with Crippen LogP contribution in [0.1, 0.15) is 42.1 Å². The predicted octanol–water partition coefficient (Wildman–Crippen LogP) is 2.20. The van der Waals surface area contributed by atoms with Gasteiger partial charge in [-0.2, -0.15) is 0 Å². The minimum atomic E-state index is -0.258. The number of carbonyl (C=O) groups is 1. The van der Waals surface area contributed by atoms with Crippen molar-refractivity contribution in [2.24, 2.45) is 5.84 Å². The molecular formula is C13H21N3O. The Balaban J connectivity index is 2.72. The van der Waals surface area contributed by atoms with Crippen molar-refractivity contribution in [3.8, 4) is 0 Å². The maximum atomic E-state index is 11.6. The van der Waals surface area contributed by atoms with Gasteiger partial charge in [0.2, 0.25) is 0 Å². The second kappa shape index (κ2) is 6.91. The molecule has 0 saturated heterocycles. The van der Waals surface area contributed by atoms with Crippen molar-refractivity contribution < 1.29 is 4.79 Å². The van der Waals surface area contributed by atoms with Gasteiger partial charge in [0, 0.05) is 12.2 Å². The van der Waals surface area contributed by atoms with Gasteiger partial charge >= 0.3 is 0 Å². The van der Waals surface area contributed by atoms with Gasteiger partial charge in [-0.15, -0.1) is 0 Å². The van der Waals surface area contributed by atoms with Gasteiger partial charge in [-0.05, 0) is 25.5 Å². The molecule has 0 bridgehead atoms. The number of nitrogens with two attached hydrogens (primary N) is 1.